The van der Waals surface area contributed by atoms with Crippen LogP contribution < -0.4 is 0 Å². The van der Waals surface area contributed by atoms with Crippen LogP contribution in [0.3, 0.4) is 0 Å². The van der Waals surface area contributed by atoms with Crippen molar-refractivity contribution in [1.29, 1.82) is 0 Å². The lowest BCUT2D eigenvalue weighted by Gasteiger charge is -2.11. The summed E-state index contributed by atoms with van der Waals surface area (Å²) in [6, 6.07) is 57.5. The van der Waals surface area contributed by atoms with Crippen molar-refractivity contribution < 1.29 is 0 Å². The Labute approximate surface area is 276 Å². The van der Waals surface area contributed by atoms with E-state index in [9.17, 15) is 0 Å². The maximum Gasteiger partial charge on any atom is 0.164 e. The summed E-state index contributed by atoms with van der Waals surface area (Å²) < 4.78 is 2.63. The number of rotatable bonds is 5. The quantitative estimate of drug-likeness (QED) is 0.193. The molecule has 2 aromatic heterocycles. The van der Waals surface area contributed by atoms with Crippen molar-refractivity contribution >= 4 is 42.3 Å². The standard InChI is InChI=1S/C43H27N3S/c1-3-11-28(12-4-1)31-15-9-17-34(25-31)42-44-41(30-13-5-2-6-14-30)45-43(46-42)35-18-10-16-32(26-35)33-22-21-29-23-24-39-40(37(29)27-33)36-19-7-8-20-38(36)47-39/h1-27H. The summed E-state index contributed by atoms with van der Waals surface area (Å²) in [7, 11) is 0. The van der Waals surface area contributed by atoms with Gasteiger partial charge in [0.1, 0.15) is 0 Å². The highest BCUT2D eigenvalue weighted by atomic mass is 32.1. The third kappa shape index (κ3) is 5.05. The van der Waals surface area contributed by atoms with Crippen LogP contribution in [-0.2, 0) is 0 Å². The SMILES string of the molecule is c1ccc(-c2cccc(-c3nc(-c4ccccc4)nc(-c4cccc(-c5ccc6ccc7sc8ccccc8c7c6c5)c4)n3)c2)cc1. The molecular formula is C43H27N3S. The molecule has 220 valence electrons. The lowest BCUT2D eigenvalue weighted by atomic mass is 9.97. The van der Waals surface area contributed by atoms with Gasteiger partial charge in [-0.25, -0.2) is 15.0 Å². The summed E-state index contributed by atoms with van der Waals surface area (Å²) in [4.78, 5) is 15.1. The minimum Gasteiger partial charge on any atom is -0.208 e. The van der Waals surface area contributed by atoms with E-state index in [4.69, 9.17) is 15.0 Å². The summed E-state index contributed by atoms with van der Waals surface area (Å²) in [5.74, 6) is 1.95. The first kappa shape index (κ1) is 27.3. The van der Waals surface area contributed by atoms with Crippen molar-refractivity contribution in [3.63, 3.8) is 0 Å². The zero-order valence-electron chi connectivity index (χ0n) is 25.3. The summed E-state index contributed by atoms with van der Waals surface area (Å²) >= 11 is 1.85. The highest BCUT2D eigenvalue weighted by Gasteiger charge is 2.15. The number of benzene rings is 7. The smallest absolute Gasteiger partial charge is 0.164 e. The molecule has 0 amide bonds. The topological polar surface area (TPSA) is 38.7 Å². The molecular weight excluding hydrogens is 591 g/mol. The molecule has 9 rings (SSSR count). The van der Waals surface area contributed by atoms with Gasteiger partial charge in [0.25, 0.3) is 0 Å². The number of nitrogens with zero attached hydrogens (tertiary/aromatic N) is 3. The van der Waals surface area contributed by atoms with Crippen LogP contribution >= 0.6 is 11.3 Å². The molecule has 0 atom stereocenters. The predicted octanol–water partition coefficient (Wildman–Crippen LogP) is 11.7. The lowest BCUT2D eigenvalue weighted by Crippen LogP contribution is -2.00. The lowest BCUT2D eigenvalue weighted by molar-refractivity contribution is 1.07. The molecule has 47 heavy (non-hydrogen) atoms. The zero-order chi connectivity index (χ0) is 31.2. The number of thiophene rings is 1. The summed E-state index contributed by atoms with van der Waals surface area (Å²) in [5, 5.41) is 5.16. The molecule has 0 N–H and O–H groups in total. The summed E-state index contributed by atoms with van der Waals surface area (Å²) in [6.45, 7) is 0. The van der Waals surface area contributed by atoms with Crippen LogP contribution in [0, 0.1) is 0 Å². The fourth-order valence-electron chi connectivity index (χ4n) is 6.38. The Morgan fingerprint density at radius 3 is 1.53 bits per heavy atom. The fraction of sp³-hybridized carbons (Fsp3) is 0. The molecule has 0 radical (unpaired) electrons. The molecule has 0 aliphatic carbocycles. The summed E-state index contributed by atoms with van der Waals surface area (Å²) in [6.07, 6.45) is 0. The Morgan fingerprint density at radius 1 is 0.319 bits per heavy atom. The molecule has 0 spiro atoms. The van der Waals surface area contributed by atoms with E-state index in [0.29, 0.717) is 17.5 Å². The molecule has 0 saturated carbocycles. The normalized spacial score (nSPS) is 11.4. The monoisotopic (exact) mass is 617 g/mol. The van der Waals surface area contributed by atoms with Crippen molar-refractivity contribution in [2.45, 2.75) is 0 Å². The first-order valence-corrected chi connectivity index (χ1v) is 16.5. The highest BCUT2D eigenvalue weighted by molar-refractivity contribution is 7.26. The third-order valence-electron chi connectivity index (χ3n) is 8.71. The molecule has 0 fully saturated rings. The van der Waals surface area contributed by atoms with E-state index in [1.165, 1.54) is 30.9 Å². The van der Waals surface area contributed by atoms with E-state index < -0.39 is 0 Å². The van der Waals surface area contributed by atoms with E-state index in [-0.39, 0.29) is 0 Å². The van der Waals surface area contributed by atoms with Gasteiger partial charge in [-0.15, -0.1) is 11.3 Å². The Bertz CT molecular complexity index is 2570. The molecule has 3 nitrogen and oxygen atoms in total. The molecule has 2 heterocycles. The van der Waals surface area contributed by atoms with E-state index in [2.05, 4.69) is 127 Å². The van der Waals surface area contributed by atoms with Gasteiger partial charge < -0.3 is 0 Å². The van der Waals surface area contributed by atoms with E-state index >= 15 is 0 Å². The van der Waals surface area contributed by atoms with Crippen molar-refractivity contribution in [3.8, 4) is 56.4 Å². The van der Waals surface area contributed by atoms with Crippen LogP contribution in [0.2, 0.25) is 0 Å². The average Bonchev–Trinajstić information content (AvgIpc) is 3.55. The molecule has 0 saturated heterocycles. The minimum absolute atomic E-state index is 0.646. The van der Waals surface area contributed by atoms with Gasteiger partial charge in [0.15, 0.2) is 17.5 Å². The second-order valence-corrected chi connectivity index (χ2v) is 12.8. The van der Waals surface area contributed by atoms with Crippen LogP contribution in [0.4, 0.5) is 0 Å². The molecule has 0 unspecified atom stereocenters. The number of fused-ring (bicyclic) bond motifs is 5. The first-order chi connectivity index (χ1) is 23.3. The maximum atomic E-state index is 5.07. The van der Waals surface area contributed by atoms with Gasteiger partial charge in [0.05, 0.1) is 0 Å². The highest BCUT2D eigenvalue weighted by Crippen LogP contribution is 2.40. The van der Waals surface area contributed by atoms with E-state index in [0.717, 1.165) is 38.9 Å². The molecule has 0 aliphatic rings. The second kappa shape index (κ2) is 11.4. The van der Waals surface area contributed by atoms with Crippen molar-refractivity contribution in [2.24, 2.45) is 0 Å². The van der Waals surface area contributed by atoms with Gasteiger partial charge in [-0.05, 0) is 63.4 Å². The number of hydrogen-bond acceptors (Lipinski definition) is 4. The van der Waals surface area contributed by atoms with Gasteiger partial charge in [-0.1, -0.05) is 133 Å². The minimum atomic E-state index is 0.646. The van der Waals surface area contributed by atoms with E-state index in [1.807, 2.05) is 47.7 Å². The number of aromatic nitrogens is 3. The van der Waals surface area contributed by atoms with Gasteiger partial charge >= 0.3 is 0 Å². The van der Waals surface area contributed by atoms with Gasteiger partial charge in [0.2, 0.25) is 0 Å². The molecule has 0 aliphatic heterocycles. The van der Waals surface area contributed by atoms with Crippen LogP contribution in [-0.4, -0.2) is 15.0 Å². The third-order valence-corrected chi connectivity index (χ3v) is 9.85. The Kier molecular flexibility index (Phi) is 6.65. The van der Waals surface area contributed by atoms with Gasteiger partial charge in [-0.2, -0.15) is 0 Å². The zero-order valence-corrected chi connectivity index (χ0v) is 26.2. The predicted molar refractivity (Wildman–Crippen MR) is 197 cm³/mol. The Morgan fingerprint density at radius 2 is 0.830 bits per heavy atom. The summed E-state index contributed by atoms with van der Waals surface area (Å²) in [5.41, 5.74) is 7.41. The van der Waals surface area contributed by atoms with Crippen LogP contribution in [0.1, 0.15) is 0 Å². The van der Waals surface area contributed by atoms with Gasteiger partial charge in [-0.3, -0.25) is 0 Å². The average molecular weight is 618 g/mol. The second-order valence-electron chi connectivity index (χ2n) is 11.7. The maximum absolute atomic E-state index is 5.07. The van der Waals surface area contributed by atoms with Gasteiger partial charge in [0, 0.05) is 36.9 Å². The van der Waals surface area contributed by atoms with Crippen LogP contribution in [0.25, 0.3) is 87.4 Å². The molecule has 4 heteroatoms. The largest absolute Gasteiger partial charge is 0.208 e. The van der Waals surface area contributed by atoms with Crippen molar-refractivity contribution in [3.05, 3.63) is 164 Å². The van der Waals surface area contributed by atoms with Crippen LogP contribution in [0.5, 0.6) is 0 Å². The number of hydrogen-bond donors (Lipinski definition) is 0. The van der Waals surface area contributed by atoms with E-state index in [1.54, 1.807) is 0 Å². The van der Waals surface area contributed by atoms with Crippen LogP contribution in [0.15, 0.2) is 164 Å². The molecule has 9 aromatic rings. The molecule has 0 bridgehead atoms. The van der Waals surface area contributed by atoms with Crippen molar-refractivity contribution in [1.82, 2.24) is 15.0 Å². The Hall–Kier alpha value is -5.97. The first-order valence-electron chi connectivity index (χ1n) is 15.7. The fourth-order valence-corrected chi connectivity index (χ4v) is 7.50. The molecule has 7 aromatic carbocycles. The Balaban J connectivity index is 1.18. The van der Waals surface area contributed by atoms with Crippen molar-refractivity contribution in [2.75, 3.05) is 0 Å².